The standard InChI is InChI=1S/C36H32F6N2O4/c1-19(2)25-17-26-32(34(47)44(33(26)46)24-15-22(35(37,38)39)14-23(16-24)36(40,41)42)27-18-48-30(31(25)27)11-10-20(28-8-5-6-12-43-28)13-21-7-3-4-9-29(21)45/h3-9,12-16,19,26-27,30,32,45H,10-11,17-18H2,1-2H3/b20-13-/t26-,27+,30-,32-/m1/s1. The summed E-state index contributed by atoms with van der Waals surface area (Å²) < 4.78 is 88.2. The molecule has 0 saturated carbocycles. The topological polar surface area (TPSA) is 79.7 Å². The highest BCUT2D eigenvalue weighted by molar-refractivity contribution is 6.22. The van der Waals surface area contributed by atoms with Crippen molar-refractivity contribution in [3.8, 4) is 5.75 Å². The van der Waals surface area contributed by atoms with E-state index in [1.165, 1.54) is 0 Å². The molecular weight excluding hydrogens is 638 g/mol. The van der Waals surface area contributed by atoms with E-state index >= 15 is 0 Å². The molecule has 48 heavy (non-hydrogen) atoms. The second kappa shape index (κ2) is 12.5. The van der Waals surface area contributed by atoms with Crippen molar-refractivity contribution < 1.29 is 45.8 Å². The summed E-state index contributed by atoms with van der Waals surface area (Å²) in [5.74, 6) is -4.12. The van der Waals surface area contributed by atoms with Crippen molar-refractivity contribution in [2.75, 3.05) is 11.5 Å². The molecule has 2 amide bonds. The summed E-state index contributed by atoms with van der Waals surface area (Å²) in [7, 11) is 0. The van der Waals surface area contributed by atoms with E-state index in [-0.39, 0.29) is 30.8 Å². The van der Waals surface area contributed by atoms with E-state index in [1.54, 1.807) is 36.5 Å². The predicted octanol–water partition coefficient (Wildman–Crippen LogP) is 8.32. The maximum atomic E-state index is 13.9. The Bertz CT molecular complexity index is 1770. The Kier molecular flexibility index (Phi) is 8.74. The number of carbonyl (C=O) groups excluding carboxylic acids is 2. The van der Waals surface area contributed by atoms with Gasteiger partial charge >= 0.3 is 12.4 Å². The third kappa shape index (κ3) is 6.25. The fourth-order valence-electron chi connectivity index (χ4n) is 7.19. The molecule has 2 saturated heterocycles. The monoisotopic (exact) mass is 670 g/mol. The Balaban J connectivity index is 1.32. The van der Waals surface area contributed by atoms with E-state index in [0.717, 1.165) is 16.7 Å². The molecule has 6 rings (SSSR count). The van der Waals surface area contributed by atoms with Crippen molar-refractivity contribution in [1.82, 2.24) is 4.98 Å². The van der Waals surface area contributed by atoms with Gasteiger partial charge in [-0.15, -0.1) is 0 Å². The minimum absolute atomic E-state index is 0.0274. The average Bonchev–Trinajstić information content (AvgIpc) is 3.56. The maximum absolute atomic E-state index is 13.9. The number of phenolic OH excluding ortho intramolecular Hbond substituents is 1. The molecule has 0 spiro atoms. The van der Waals surface area contributed by atoms with Gasteiger partial charge in [0.25, 0.3) is 0 Å². The molecule has 0 unspecified atom stereocenters. The number of imide groups is 1. The molecule has 1 N–H and O–H groups in total. The Morgan fingerprint density at radius 1 is 0.958 bits per heavy atom. The van der Waals surface area contributed by atoms with Gasteiger partial charge in [0.2, 0.25) is 11.8 Å². The van der Waals surface area contributed by atoms with Crippen LogP contribution in [0.15, 0.2) is 78.0 Å². The number of halogens is 6. The number of carbonyl (C=O) groups is 2. The summed E-state index contributed by atoms with van der Waals surface area (Å²) >= 11 is 0. The number of para-hydroxylation sites is 1. The number of pyridine rings is 1. The van der Waals surface area contributed by atoms with Gasteiger partial charge in [-0.1, -0.05) is 43.7 Å². The Morgan fingerprint density at radius 3 is 2.23 bits per heavy atom. The lowest BCUT2D eigenvalue weighted by atomic mass is 9.67. The molecule has 1 aromatic heterocycles. The Hall–Kier alpha value is -4.45. The first-order chi connectivity index (χ1) is 22.6. The van der Waals surface area contributed by atoms with Crippen molar-refractivity contribution in [3.05, 3.63) is 100 Å². The number of anilines is 1. The van der Waals surface area contributed by atoms with Crippen LogP contribution in [0.25, 0.3) is 11.6 Å². The van der Waals surface area contributed by atoms with Crippen LogP contribution in [0.4, 0.5) is 32.0 Å². The van der Waals surface area contributed by atoms with Gasteiger partial charge in [-0.2, -0.15) is 26.3 Å². The number of phenols is 1. The number of hydrogen-bond acceptors (Lipinski definition) is 5. The van der Waals surface area contributed by atoms with Gasteiger partial charge in [-0.25, -0.2) is 4.90 Å². The number of hydrogen-bond donors (Lipinski definition) is 1. The molecule has 252 valence electrons. The molecule has 2 aliphatic heterocycles. The van der Waals surface area contributed by atoms with Crippen LogP contribution in [0.2, 0.25) is 0 Å². The van der Waals surface area contributed by atoms with Crippen molar-refractivity contribution in [2.24, 2.45) is 23.7 Å². The van der Waals surface area contributed by atoms with E-state index in [1.807, 2.05) is 32.1 Å². The lowest BCUT2D eigenvalue weighted by Gasteiger charge is -2.33. The van der Waals surface area contributed by atoms with Gasteiger partial charge in [-0.05, 0) is 78.8 Å². The summed E-state index contributed by atoms with van der Waals surface area (Å²) in [5.41, 5.74) is -0.0727. The zero-order valence-electron chi connectivity index (χ0n) is 26.0. The van der Waals surface area contributed by atoms with Crippen molar-refractivity contribution >= 4 is 29.2 Å². The highest BCUT2D eigenvalue weighted by Gasteiger charge is 2.58. The molecule has 2 aromatic carbocycles. The third-order valence-corrected chi connectivity index (χ3v) is 9.41. The van der Waals surface area contributed by atoms with Crippen LogP contribution in [0, 0.1) is 23.7 Å². The van der Waals surface area contributed by atoms with Crippen LogP contribution in [0.1, 0.15) is 55.5 Å². The first kappa shape index (κ1) is 33.5. The van der Waals surface area contributed by atoms with E-state index < -0.39 is 64.8 Å². The highest BCUT2D eigenvalue weighted by Crippen LogP contribution is 2.52. The Labute approximate surface area is 272 Å². The van der Waals surface area contributed by atoms with E-state index in [0.29, 0.717) is 41.1 Å². The van der Waals surface area contributed by atoms with Gasteiger partial charge in [0.1, 0.15) is 5.75 Å². The number of fused-ring (bicyclic) bond motifs is 3. The number of allylic oxidation sites excluding steroid dienone is 2. The zero-order chi connectivity index (χ0) is 34.5. The third-order valence-electron chi connectivity index (χ3n) is 9.41. The number of aromatic hydroxyl groups is 1. The van der Waals surface area contributed by atoms with E-state index in [9.17, 15) is 41.0 Å². The number of alkyl halides is 6. The molecule has 0 bridgehead atoms. The number of aromatic nitrogens is 1. The Morgan fingerprint density at radius 2 is 1.62 bits per heavy atom. The second-order valence-electron chi connectivity index (χ2n) is 12.7. The van der Waals surface area contributed by atoms with Crippen molar-refractivity contribution in [2.45, 2.75) is 51.6 Å². The second-order valence-corrected chi connectivity index (χ2v) is 12.7. The molecule has 2 fully saturated rings. The number of rotatable bonds is 7. The minimum Gasteiger partial charge on any atom is -0.507 e. The summed E-state index contributed by atoms with van der Waals surface area (Å²) in [6.45, 7) is 3.95. The smallest absolute Gasteiger partial charge is 0.416 e. The van der Waals surface area contributed by atoms with Gasteiger partial charge in [0, 0.05) is 17.7 Å². The van der Waals surface area contributed by atoms with Crippen LogP contribution in [0.5, 0.6) is 5.75 Å². The van der Waals surface area contributed by atoms with Crippen molar-refractivity contribution in [1.29, 1.82) is 0 Å². The van der Waals surface area contributed by atoms with Crippen LogP contribution in [-0.4, -0.2) is 34.6 Å². The summed E-state index contributed by atoms with van der Waals surface area (Å²) in [6, 6.07) is 13.2. The molecular formula is C36H32F6N2O4. The minimum atomic E-state index is -5.14. The zero-order valence-corrected chi connectivity index (χ0v) is 26.0. The summed E-state index contributed by atoms with van der Waals surface area (Å²) in [4.78, 5) is 32.6. The first-order valence-electron chi connectivity index (χ1n) is 15.6. The molecule has 3 heterocycles. The van der Waals surface area contributed by atoms with Gasteiger partial charge in [0.15, 0.2) is 0 Å². The number of ether oxygens (including phenoxy) is 1. The molecule has 3 aliphatic rings. The molecule has 6 nitrogen and oxygen atoms in total. The molecule has 4 atom stereocenters. The molecule has 0 radical (unpaired) electrons. The average molecular weight is 671 g/mol. The number of amides is 2. The predicted molar refractivity (Wildman–Crippen MR) is 165 cm³/mol. The maximum Gasteiger partial charge on any atom is 0.416 e. The SMILES string of the molecule is CC(C)C1=C2[C@@H](CC/C(=C/c3ccccc3O)c3ccccn3)OC[C@@H]2[C@@H]2C(=O)N(c3cc(C(F)(F)F)cc(C(F)(F)F)c3)C(=O)[C@@H]2C1. The number of nitrogens with zero attached hydrogens (tertiary/aromatic N) is 2. The van der Waals surface area contributed by atoms with Crippen LogP contribution in [0.3, 0.4) is 0 Å². The quantitative estimate of drug-likeness (QED) is 0.155. The van der Waals surface area contributed by atoms with Gasteiger partial charge in [0.05, 0.1) is 47.1 Å². The lowest BCUT2D eigenvalue weighted by Crippen LogP contribution is -2.35. The van der Waals surface area contributed by atoms with Crippen LogP contribution in [-0.2, 0) is 26.7 Å². The van der Waals surface area contributed by atoms with Crippen LogP contribution >= 0.6 is 0 Å². The van der Waals surface area contributed by atoms with Crippen LogP contribution < -0.4 is 4.90 Å². The van der Waals surface area contributed by atoms with Gasteiger partial charge in [-0.3, -0.25) is 14.6 Å². The largest absolute Gasteiger partial charge is 0.507 e. The molecule has 12 heteroatoms. The van der Waals surface area contributed by atoms with Gasteiger partial charge < -0.3 is 9.84 Å². The molecule has 1 aliphatic carbocycles. The fraction of sp³-hybridized carbons (Fsp3) is 0.361. The van der Waals surface area contributed by atoms with E-state index in [2.05, 4.69) is 4.98 Å². The molecule has 3 aromatic rings. The van der Waals surface area contributed by atoms with Crippen molar-refractivity contribution in [3.63, 3.8) is 0 Å². The lowest BCUT2D eigenvalue weighted by molar-refractivity contribution is -0.143. The highest BCUT2D eigenvalue weighted by atomic mass is 19.4. The van der Waals surface area contributed by atoms with E-state index in [4.69, 9.17) is 4.74 Å². The summed E-state index contributed by atoms with van der Waals surface area (Å²) in [6.07, 6.45) is -6.15. The normalized spacial score (nSPS) is 23.3. The number of benzene rings is 2. The summed E-state index contributed by atoms with van der Waals surface area (Å²) in [5, 5.41) is 10.4. The fourth-order valence-corrected chi connectivity index (χ4v) is 7.19. The first-order valence-corrected chi connectivity index (χ1v) is 15.6.